The maximum atomic E-state index is 13.8. The number of carbonyl (C=O) groups excluding carboxylic acids is 1. The number of hydrogen-bond donors (Lipinski definition) is 0. The van der Waals surface area contributed by atoms with Gasteiger partial charge in [-0.05, 0) is 37.6 Å². The molecule has 0 bridgehead atoms. The molecule has 0 radical (unpaired) electrons. The third-order valence-corrected chi connectivity index (χ3v) is 6.43. The third-order valence-electron chi connectivity index (χ3n) is 4.37. The van der Waals surface area contributed by atoms with Crippen LogP contribution in [0.15, 0.2) is 30.5 Å². The predicted molar refractivity (Wildman–Crippen MR) is 107 cm³/mol. The van der Waals surface area contributed by atoms with E-state index in [0.29, 0.717) is 16.5 Å². The summed E-state index contributed by atoms with van der Waals surface area (Å²) in [6, 6.07) is 5.99. The first-order valence-electron chi connectivity index (χ1n) is 9.60. The maximum absolute atomic E-state index is 13.8. The van der Waals surface area contributed by atoms with Crippen molar-refractivity contribution in [1.82, 2.24) is 4.98 Å². The van der Waals surface area contributed by atoms with Crippen molar-refractivity contribution >= 4 is 24.5 Å². The van der Waals surface area contributed by atoms with Gasteiger partial charge in [-0.2, -0.15) is 8.78 Å². The van der Waals surface area contributed by atoms with Gasteiger partial charge in [0.05, 0.1) is 30.5 Å². The summed E-state index contributed by atoms with van der Waals surface area (Å²) in [6.07, 6.45) is 0.950. The Balaban J connectivity index is 1.92. The van der Waals surface area contributed by atoms with E-state index in [1.807, 2.05) is 0 Å². The van der Waals surface area contributed by atoms with Crippen molar-refractivity contribution in [2.75, 3.05) is 13.2 Å². The van der Waals surface area contributed by atoms with Gasteiger partial charge in [-0.15, -0.1) is 0 Å². The van der Waals surface area contributed by atoms with Gasteiger partial charge in [0.15, 0.2) is 0 Å². The van der Waals surface area contributed by atoms with Crippen molar-refractivity contribution in [3.05, 3.63) is 70.7 Å². The molecule has 0 amide bonds. The van der Waals surface area contributed by atoms with Gasteiger partial charge < -0.3 is 13.8 Å². The molecule has 176 valence electrons. The summed E-state index contributed by atoms with van der Waals surface area (Å²) in [5.74, 6) is -14.5. The van der Waals surface area contributed by atoms with E-state index in [-0.39, 0.29) is 24.9 Å². The van der Waals surface area contributed by atoms with E-state index in [4.69, 9.17) is 9.05 Å². The van der Waals surface area contributed by atoms with E-state index in [0.717, 1.165) is 6.20 Å². The molecule has 6 nitrogen and oxygen atoms in total. The highest BCUT2D eigenvalue weighted by Gasteiger charge is 2.29. The van der Waals surface area contributed by atoms with Gasteiger partial charge in [-0.25, -0.2) is 18.0 Å². The molecule has 0 unspecified atom stereocenters. The Morgan fingerprint density at radius 1 is 0.909 bits per heavy atom. The minimum Gasteiger partial charge on any atom is -0.416 e. The van der Waals surface area contributed by atoms with Crippen molar-refractivity contribution in [2.24, 2.45) is 0 Å². The Morgan fingerprint density at radius 2 is 1.48 bits per heavy atom. The van der Waals surface area contributed by atoms with Gasteiger partial charge in [-0.3, -0.25) is 9.55 Å². The molecule has 0 N–H and O–H groups in total. The summed E-state index contributed by atoms with van der Waals surface area (Å²) >= 11 is 0. The number of benzene rings is 2. The van der Waals surface area contributed by atoms with E-state index in [9.17, 15) is 31.3 Å². The molecule has 1 aromatic heterocycles. The number of nitrogens with zero attached hydrogens (tertiary/aromatic N) is 1. The number of halogens is 5. The zero-order chi connectivity index (χ0) is 24.3. The van der Waals surface area contributed by atoms with Crippen LogP contribution in [-0.2, 0) is 19.8 Å². The summed E-state index contributed by atoms with van der Waals surface area (Å²) in [5.41, 5.74) is 0.621. The second-order valence-electron chi connectivity index (χ2n) is 6.64. The van der Waals surface area contributed by atoms with E-state index >= 15 is 0 Å². The Kier molecular flexibility index (Phi) is 7.46. The number of ether oxygens (including phenoxy) is 1. The fourth-order valence-electron chi connectivity index (χ4n) is 2.96. The maximum Gasteiger partial charge on any atom is 0.345 e. The highest BCUT2D eigenvalue weighted by atomic mass is 31.2. The molecule has 3 aromatic rings. The van der Waals surface area contributed by atoms with Crippen LogP contribution in [-0.4, -0.2) is 24.2 Å². The molecule has 12 heteroatoms. The molecule has 0 spiro atoms. The van der Waals surface area contributed by atoms with Crippen LogP contribution in [0.2, 0.25) is 0 Å². The number of esters is 1. The number of hydrogen-bond acceptors (Lipinski definition) is 6. The lowest BCUT2D eigenvalue weighted by atomic mass is 10.1. The number of pyridine rings is 1. The topological polar surface area (TPSA) is 74.7 Å². The minimum absolute atomic E-state index is 0.0656. The fraction of sp³-hybridized carbons (Fsp3) is 0.238. The summed E-state index contributed by atoms with van der Waals surface area (Å²) in [5, 5.41) is 0.360. The van der Waals surface area contributed by atoms with Crippen molar-refractivity contribution in [1.29, 1.82) is 0 Å². The van der Waals surface area contributed by atoms with Gasteiger partial charge in [0.2, 0.25) is 34.8 Å². The van der Waals surface area contributed by atoms with Crippen LogP contribution in [0.3, 0.4) is 0 Å². The summed E-state index contributed by atoms with van der Waals surface area (Å²) in [7, 11) is -3.42. The first-order valence-corrected chi connectivity index (χ1v) is 11.3. The second-order valence-corrected chi connectivity index (χ2v) is 8.70. The smallest absolute Gasteiger partial charge is 0.345 e. The monoisotopic (exact) mass is 489 g/mol. The molecule has 2 aromatic carbocycles. The largest absolute Gasteiger partial charge is 0.416 e. The molecule has 0 atom stereocenters. The van der Waals surface area contributed by atoms with Gasteiger partial charge in [0.1, 0.15) is 0 Å². The first kappa shape index (κ1) is 24.8. The molecule has 0 fully saturated rings. The Labute approximate surface area is 184 Å². The molecular formula is C21H17F5NO5P. The summed E-state index contributed by atoms with van der Waals surface area (Å²) in [4.78, 5) is 16.4. The van der Waals surface area contributed by atoms with Crippen LogP contribution in [0.4, 0.5) is 22.0 Å². The highest BCUT2D eigenvalue weighted by molar-refractivity contribution is 7.53. The quantitative estimate of drug-likeness (QED) is 0.0978. The van der Waals surface area contributed by atoms with Crippen LogP contribution in [0.1, 0.15) is 29.8 Å². The van der Waals surface area contributed by atoms with Crippen LogP contribution in [0, 0.1) is 29.1 Å². The van der Waals surface area contributed by atoms with Gasteiger partial charge in [0.25, 0.3) is 0 Å². The van der Waals surface area contributed by atoms with Crippen molar-refractivity contribution in [2.45, 2.75) is 20.0 Å². The van der Waals surface area contributed by atoms with E-state index in [1.54, 1.807) is 32.0 Å². The van der Waals surface area contributed by atoms with E-state index in [2.05, 4.69) is 9.72 Å². The third kappa shape index (κ3) is 5.21. The van der Waals surface area contributed by atoms with Crippen LogP contribution >= 0.6 is 7.60 Å². The number of fused-ring (bicyclic) bond motifs is 1. The number of rotatable bonds is 8. The molecule has 3 rings (SSSR count). The SMILES string of the molecule is CCOP(=O)(Cc1ccc2ncc(C(=O)Oc3c(F)c(F)c(F)c(F)c3F)cc2c1)OCC. The average Bonchev–Trinajstić information content (AvgIpc) is 2.78. The van der Waals surface area contributed by atoms with Crippen molar-refractivity contribution in [3.63, 3.8) is 0 Å². The number of carbonyl (C=O) groups is 1. The van der Waals surface area contributed by atoms with Crippen LogP contribution < -0.4 is 4.74 Å². The molecular weight excluding hydrogens is 472 g/mol. The molecule has 33 heavy (non-hydrogen) atoms. The zero-order valence-electron chi connectivity index (χ0n) is 17.3. The molecule has 0 saturated carbocycles. The van der Waals surface area contributed by atoms with Gasteiger partial charge in [-0.1, -0.05) is 6.07 Å². The van der Waals surface area contributed by atoms with Gasteiger partial charge in [0, 0.05) is 11.6 Å². The van der Waals surface area contributed by atoms with Crippen LogP contribution in [0.5, 0.6) is 5.75 Å². The van der Waals surface area contributed by atoms with Crippen molar-refractivity contribution < 1.29 is 45.1 Å². The number of aromatic nitrogens is 1. The Morgan fingerprint density at radius 3 is 2.06 bits per heavy atom. The van der Waals surface area contributed by atoms with Gasteiger partial charge >= 0.3 is 13.6 Å². The van der Waals surface area contributed by atoms with Crippen molar-refractivity contribution in [3.8, 4) is 5.75 Å². The summed E-state index contributed by atoms with van der Waals surface area (Å²) in [6.45, 7) is 3.66. The Hall–Kier alpha value is -2.88. The molecule has 0 aliphatic carbocycles. The highest BCUT2D eigenvalue weighted by Crippen LogP contribution is 2.51. The Bertz CT molecular complexity index is 1230. The minimum atomic E-state index is -3.42. The van der Waals surface area contributed by atoms with E-state index < -0.39 is 48.4 Å². The van der Waals surface area contributed by atoms with E-state index in [1.165, 1.54) is 6.07 Å². The zero-order valence-corrected chi connectivity index (χ0v) is 18.2. The summed E-state index contributed by atoms with van der Waals surface area (Å²) < 4.78 is 95.2. The normalized spacial score (nSPS) is 11.7. The average molecular weight is 489 g/mol. The lowest BCUT2D eigenvalue weighted by Gasteiger charge is -2.17. The fourth-order valence-corrected chi connectivity index (χ4v) is 4.65. The second kappa shape index (κ2) is 9.94. The van der Waals surface area contributed by atoms with Crippen LogP contribution in [0.25, 0.3) is 10.9 Å². The molecule has 0 saturated heterocycles. The molecule has 1 heterocycles. The molecule has 0 aliphatic heterocycles. The first-order chi connectivity index (χ1) is 15.6. The molecule has 0 aliphatic rings. The standard InChI is InChI=1S/C21H17F5NO5P/c1-3-30-33(29,31-4-2)10-11-5-6-14-12(7-11)8-13(9-27-14)21(28)32-20-18(25)16(23)15(22)17(24)19(20)26/h5-9H,3-4,10H2,1-2H3. The lowest BCUT2D eigenvalue weighted by Crippen LogP contribution is -2.14. The lowest BCUT2D eigenvalue weighted by molar-refractivity contribution is 0.0715. The predicted octanol–water partition coefficient (Wildman–Crippen LogP) is 5.92.